The molecule has 4 rings (SSSR count). The van der Waals surface area contributed by atoms with Crippen molar-refractivity contribution in [2.24, 2.45) is 7.05 Å². The SMILES string of the molecule is Cn1cc(-c2cnc(N)nc2-c2n[nH]c3cc(C#CC(C)(C)O)ccc23)cn1. The van der Waals surface area contributed by atoms with Gasteiger partial charge in [0.15, 0.2) is 0 Å². The van der Waals surface area contributed by atoms with Crippen LogP contribution in [0.4, 0.5) is 5.95 Å². The van der Waals surface area contributed by atoms with E-state index in [4.69, 9.17) is 5.73 Å². The van der Waals surface area contributed by atoms with Crippen molar-refractivity contribution in [2.75, 3.05) is 5.73 Å². The van der Waals surface area contributed by atoms with Crippen LogP contribution in [0, 0.1) is 11.8 Å². The Balaban J connectivity index is 1.84. The number of hydrogen-bond acceptors (Lipinski definition) is 6. The van der Waals surface area contributed by atoms with Crippen molar-refractivity contribution in [1.29, 1.82) is 0 Å². The van der Waals surface area contributed by atoms with Crippen LogP contribution < -0.4 is 5.73 Å². The van der Waals surface area contributed by atoms with E-state index >= 15 is 0 Å². The second-order valence-electron chi connectivity index (χ2n) is 7.03. The molecule has 3 aromatic heterocycles. The molecule has 4 N–H and O–H groups in total. The molecule has 8 nitrogen and oxygen atoms in total. The lowest BCUT2D eigenvalue weighted by molar-refractivity contribution is 0.143. The first kappa shape index (κ1) is 17.7. The van der Waals surface area contributed by atoms with E-state index in [1.54, 1.807) is 30.9 Å². The number of nitrogens with one attached hydrogen (secondary N) is 1. The van der Waals surface area contributed by atoms with Crippen LogP contribution in [0.1, 0.15) is 19.4 Å². The molecule has 0 fully saturated rings. The second kappa shape index (κ2) is 6.48. The van der Waals surface area contributed by atoms with Crippen molar-refractivity contribution in [3.05, 3.63) is 42.4 Å². The number of fused-ring (bicyclic) bond motifs is 1. The number of aromatic nitrogens is 6. The standard InChI is InChI=1S/C20H19N7O/c1-20(2,28)7-6-12-4-5-14-16(8-12)25-26-18(14)17-15(10-22-19(21)24-17)13-9-23-27(3)11-13/h4-5,8-11,28H,1-3H3,(H,25,26)(H2,21,22,24). The number of aliphatic hydroxyl groups is 1. The van der Waals surface area contributed by atoms with Crippen molar-refractivity contribution >= 4 is 16.9 Å². The molecule has 0 aliphatic carbocycles. The minimum atomic E-state index is -1.05. The topological polar surface area (TPSA) is 119 Å². The highest BCUT2D eigenvalue weighted by Crippen LogP contribution is 2.33. The lowest BCUT2D eigenvalue weighted by Gasteiger charge is -2.06. The largest absolute Gasteiger partial charge is 0.378 e. The summed E-state index contributed by atoms with van der Waals surface area (Å²) in [5.74, 6) is 5.95. The van der Waals surface area contributed by atoms with Crippen molar-refractivity contribution in [3.8, 4) is 34.4 Å². The molecule has 0 aliphatic heterocycles. The van der Waals surface area contributed by atoms with Gasteiger partial charge in [0.2, 0.25) is 5.95 Å². The smallest absolute Gasteiger partial charge is 0.220 e. The van der Waals surface area contributed by atoms with Gasteiger partial charge in [-0.1, -0.05) is 11.8 Å². The molecular formula is C20H19N7O. The summed E-state index contributed by atoms with van der Waals surface area (Å²) in [6.07, 6.45) is 5.31. The Morgan fingerprint density at radius 1 is 1.21 bits per heavy atom. The van der Waals surface area contributed by atoms with E-state index in [0.29, 0.717) is 11.4 Å². The zero-order valence-electron chi connectivity index (χ0n) is 15.7. The monoisotopic (exact) mass is 373 g/mol. The number of aryl methyl sites for hydroxylation is 1. The molecule has 0 unspecified atom stereocenters. The van der Waals surface area contributed by atoms with Gasteiger partial charge >= 0.3 is 0 Å². The number of benzene rings is 1. The summed E-state index contributed by atoms with van der Waals surface area (Å²) < 4.78 is 1.71. The number of aromatic amines is 1. The van der Waals surface area contributed by atoms with E-state index in [9.17, 15) is 5.11 Å². The summed E-state index contributed by atoms with van der Waals surface area (Å²) in [6, 6.07) is 5.70. The van der Waals surface area contributed by atoms with Crippen LogP contribution in [0.2, 0.25) is 0 Å². The highest BCUT2D eigenvalue weighted by molar-refractivity contribution is 5.96. The fourth-order valence-corrected chi connectivity index (χ4v) is 2.85. The van der Waals surface area contributed by atoms with Gasteiger partial charge in [-0.25, -0.2) is 9.97 Å². The zero-order chi connectivity index (χ0) is 19.9. The van der Waals surface area contributed by atoms with Gasteiger partial charge in [-0.2, -0.15) is 10.2 Å². The Labute approximate surface area is 161 Å². The maximum atomic E-state index is 9.78. The van der Waals surface area contributed by atoms with E-state index < -0.39 is 5.60 Å². The maximum Gasteiger partial charge on any atom is 0.220 e. The van der Waals surface area contributed by atoms with Gasteiger partial charge in [0, 0.05) is 41.5 Å². The molecule has 0 atom stereocenters. The van der Waals surface area contributed by atoms with E-state index in [2.05, 4.69) is 37.1 Å². The fourth-order valence-electron chi connectivity index (χ4n) is 2.85. The summed E-state index contributed by atoms with van der Waals surface area (Å²) in [4.78, 5) is 8.56. The van der Waals surface area contributed by atoms with Gasteiger partial charge in [0.25, 0.3) is 0 Å². The lowest BCUT2D eigenvalue weighted by Crippen LogP contribution is -2.14. The second-order valence-corrected chi connectivity index (χ2v) is 7.03. The van der Waals surface area contributed by atoms with E-state index in [1.165, 1.54) is 0 Å². The van der Waals surface area contributed by atoms with Crippen molar-refractivity contribution in [2.45, 2.75) is 19.4 Å². The number of rotatable bonds is 2. The molecule has 0 radical (unpaired) electrons. The predicted molar refractivity (Wildman–Crippen MR) is 107 cm³/mol. The summed E-state index contributed by atoms with van der Waals surface area (Å²) >= 11 is 0. The van der Waals surface area contributed by atoms with Crippen LogP contribution in [-0.4, -0.2) is 40.7 Å². The van der Waals surface area contributed by atoms with Crippen LogP contribution in [0.25, 0.3) is 33.4 Å². The van der Waals surface area contributed by atoms with Crippen molar-refractivity contribution < 1.29 is 5.11 Å². The third-order valence-electron chi connectivity index (χ3n) is 4.12. The van der Waals surface area contributed by atoms with Crippen molar-refractivity contribution in [3.63, 3.8) is 0 Å². The molecule has 1 aromatic carbocycles. The molecule has 28 heavy (non-hydrogen) atoms. The zero-order valence-corrected chi connectivity index (χ0v) is 15.7. The van der Waals surface area contributed by atoms with E-state index in [1.807, 2.05) is 31.4 Å². The maximum absolute atomic E-state index is 9.78. The molecule has 0 spiro atoms. The number of anilines is 1. The van der Waals surface area contributed by atoms with Crippen LogP contribution in [-0.2, 0) is 7.05 Å². The van der Waals surface area contributed by atoms with Gasteiger partial charge in [-0.3, -0.25) is 9.78 Å². The van der Waals surface area contributed by atoms with Gasteiger partial charge < -0.3 is 10.8 Å². The average molecular weight is 373 g/mol. The summed E-state index contributed by atoms with van der Waals surface area (Å²) in [5.41, 5.74) is 9.35. The highest BCUT2D eigenvalue weighted by Gasteiger charge is 2.17. The quantitative estimate of drug-likeness (QED) is 0.463. The fraction of sp³-hybridized carbons (Fsp3) is 0.200. The number of nitrogens with two attached hydrogens (primary N) is 1. The molecule has 0 amide bonds. The normalized spacial score (nSPS) is 11.4. The van der Waals surface area contributed by atoms with Gasteiger partial charge in [-0.15, -0.1) is 0 Å². The minimum absolute atomic E-state index is 0.173. The molecule has 0 saturated carbocycles. The molecule has 3 heterocycles. The first-order valence-electron chi connectivity index (χ1n) is 8.66. The van der Waals surface area contributed by atoms with E-state index in [0.717, 1.165) is 27.6 Å². The molecule has 0 aliphatic rings. The minimum Gasteiger partial charge on any atom is -0.378 e. The molecule has 4 aromatic rings. The first-order valence-corrected chi connectivity index (χ1v) is 8.66. The number of hydrogen-bond donors (Lipinski definition) is 3. The van der Waals surface area contributed by atoms with Crippen molar-refractivity contribution in [1.82, 2.24) is 29.9 Å². The van der Waals surface area contributed by atoms with Gasteiger partial charge in [0.1, 0.15) is 17.0 Å². The summed E-state index contributed by atoms with van der Waals surface area (Å²) in [5, 5.41) is 22.4. The Morgan fingerprint density at radius 3 is 2.75 bits per heavy atom. The Hall–Kier alpha value is -3.70. The van der Waals surface area contributed by atoms with Crippen LogP contribution >= 0.6 is 0 Å². The molecule has 140 valence electrons. The average Bonchev–Trinajstić information content (AvgIpc) is 3.25. The number of H-pyrrole nitrogens is 1. The number of nitrogen functional groups attached to an aromatic ring is 1. The Kier molecular flexibility index (Phi) is 4.09. The van der Waals surface area contributed by atoms with Crippen LogP contribution in [0.5, 0.6) is 0 Å². The first-order chi connectivity index (χ1) is 13.3. The number of nitrogens with zero attached hydrogens (tertiary/aromatic N) is 5. The third-order valence-corrected chi connectivity index (χ3v) is 4.12. The lowest BCUT2D eigenvalue weighted by atomic mass is 10.0. The van der Waals surface area contributed by atoms with Crippen LogP contribution in [0.15, 0.2) is 36.8 Å². The summed E-state index contributed by atoms with van der Waals surface area (Å²) in [6.45, 7) is 3.29. The molecule has 0 bridgehead atoms. The van der Waals surface area contributed by atoms with Gasteiger partial charge in [-0.05, 0) is 32.0 Å². The Bertz CT molecular complexity index is 1230. The van der Waals surface area contributed by atoms with Gasteiger partial charge in [0.05, 0.1) is 11.7 Å². The molecular weight excluding hydrogens is 354 g/mol. The summed E-state index contributed by atoms with van der Waals surface area (Å²) in [7, 11) is 1.85. The third kappa shape index (κ3) is 3.43. The highest BCUT2D eigenvalue weighted by atomic mass is 16.3. The van der Waals surface area contributed by atoms with Crippen LogP contribution in [0.3, 0.4) is 0 Å². The van der Waals surface area contributed by atoms with E-state index in [-0.39, 0.29) is 5.95 Å². The predicted octanol–water partition coefficient (Wildman–Crippen LogP) is 2.12. The molecule has 0 saturated heterocycles. The molecule has 8 heteroatoms. The Morgan fingerprint density at radius 2 is 2.04 bits per heavy atom.